The summed E-state index contributed by atoms with van der Waals surface area (Å²) < 4.78 is 0. The van der Waals surface area contributed by atoms with Crippen molar-refractivity contribution >= 4 is 17.9 Å². The summed E-state index contributed by atoms with van der Waals surface area (Å²) in [5.74, 6) is -5.83. The normalized spacial score (nSPS) is 15.3. The van der Waals surface area contributed by atoms with Crippen LogP contribution in [0.5, 0.6) is 0 Å². The first-order valence-electron chi connectivity index (χ1n) is 5.37. The molecule has 0 aliphatic rings. The fourth-order valence-corrected chi connectivity index (χ4v) is 1.25. The highest BCUT2D eigenvalue weighted by Crippen LogP contribution is 2.14. The number of rotatable bonds is 7. The molecule has 100 valence electrons. The number of hydrogen-bond donors (Lipinski definition) is 3. The summed E-state index contributed by atoms with van der Waals surface area (Å²) in [7, 11) is 0. The quantitative estimate of drug-likeness (QED) is 0.468. The number of carbonyl (C=O) groups is 3. The van der Waals surface area contributed by atoms with Crippen molar-refractivity contribution in [3.05, 3.63) is 23.8 Å². The number of carboxylic acid groups (broad SMARTS) is 3. The Balaban J connectivity index is 4.95. The minimum atomic E-state index is -1.26. The van der Waals surface area contributed by atoms with Gasteiger partial charge in [-0.05, 0) is 6.42 Å². The van der Waals surface area contributed by atoms with Crippen molar-refractivity contribution in [1.82, 2.24) is 0 Å². The molecule has 0 aromatic heterocycles. The lowest BCUT2D eigenvalue weighted by Crippen LogP contribution is -2.25. The highest BCUT2D eigenvalue weighted by molar-refractivity contribution is 5.87. The number of carboxylic acids is 3. The van der Waals surface area contributed by atoms with Gasteiger partial charge in [0.15, 0.2) is 0 Å². The van der Waals surface area contributed by atoms with Crippen LogP contribution in [0.25, 0.3) is 0 Å². The van der Waals surface area contributed by atoms with Crippen LogP contribution in [0.4, 0.5) is 0 Å². The summed E-state index contributed by atoms with van der Waals surface area (Å²) in [5.41, 5.74) is 0.123. The molecule has 6 nitrogen and oxygen atoms in total. The molecule has 0 amide bonds. The van der Waals surface area contributed by atoms with Gasteiger partial charge in [-0.25, -0.2) is 4.79 Å². The smallest absolute Gasteiger partial charge is 0.331 e. The first-order valence-corrected chi connectivity index (χ1v) is 5.37. The molecule has 0 saturated heterocycles. The first-order chi connectivity index (χ1) is 8.31. The van der Waals surface area contributed by atoms with Gasteiger partial charge in [0.05, 0.1) is 11.8 Å². The Labute approximate surface area is 104 Å². The molecule has 0 aromatic carbocycles. The number of hydrogen-bond acceptors (Lipinski definition) is 3. The van der Waals surface area contributed by atoms with Gasteiger partial charge < -0.3 is 15.3 Å². The fraction of sp³-hybridized carbons (Fsp3) is 0.417. The summed E-state index contributed by atoms with van der Waals surface area (Å²) in [4.78, 5) is 32.2. The van der Waals surface area contributed by atoms with Crippen molar-refractivity contribution in [2.75, 3.05) is 0 Å². The van der Waals surface area contributed by atoms with Crippen LogP contribution in [0, 0.1) is 11.8 Å². The van der Waals surface area contributed by atoms with E-state index in [4.69, 9.17) is 15.3 Å². The van der Waals surface area contributed by atoms with Crippen LogP contribution < -0.4 is 0 Å². The van der Waals surface area contributed by atoms with E-state index in [0.717, 1.165) is 0 Å². The van der Waals surface area contributed by atoms with Gasteiger partial charge in [0.2, 0.25) is 0 Å². The maximum atomic E-state index is 10.9. The lowest BCUT2D eigenvalue weighted by molar-refractivity contribution is -0.151. The lowest BCUT2D eigenvalue weighted by atomic mass is 9.93. The van der Waals surface area contributed by atoms with E-state index >= 15 is 0 Å². The molecule has 3 N–H and O–H groups in total. The summed E-state index contributed by atoms with van der Waals surface area (Å²) in [5, 5.41) is 26.3. The zero-order chi connectivity index (χ0) is 14.3. The van der Waals surface area contributed by atoms with Crippen LogP contribution >= 0.6 is 0 Å². The summed E-state index contributed by atoms with van der Waals surface area (Å²) in [6.07, 6.45) is 4.02. The standard InChI is InChI=1S/C12H16O6/c1-3-8(11(15)16)5-4-6-9(12(17)18)7(2)10(13)14/h4-7,9H,3H2,1-2H3,(H,13,14)(H,15,16)(H,17,18)/b6-4+,8-5+. The molecule has 0 aliphatic carbocycles. The van der Waals surface area contributed by atoms with Gasteiger partial charge in [0, 0.05) is 5.57 Å². The van der Waals surface area contributed by atoms with Crippen LogP contribution in [0.3, 0.4) is 0 Å². The molecule has 0 spiro atoms. The van der Waals surface area contributed by atoms with Crippen LogP contribution in [-0.4, -0.2) is 33.2 Å². The summed E-state index contributed by atoms with van der Waals surface area (Å²) >= 11 is 0. The fourth-order valence-electron chi connectivity index (χ4n) is 1.25. The van der Waals surface area contributed by atoms with Gasteiger partial charge in [-0.1, -0.05) is 32.1 Å². The molecule has 18 heavy (non-hydrogen) atoms. The average molecular weight is 256 g/mol. The molecular weight excluding hydrogens is 240 g/mol. The molecule has 0 fully saturated rings. The molecule has 0 aliphatic heterocycles. The second-order valence-electron chi connectivity index (χ2n) is 3.73. The van der Waals surface area contributed by atoms with Crippen LogP contribution in [-0.2, 0) is 14.4 Å². The van der Waals surface area contributed by atoms with Crippen molar-refractivity contribution in [2.24, 2.45) is 11.8 Å². The van der Waals surface area contributed by atoms with Crippen molar-refractivity contribution in [3.8, 4) is 0 Å². The molecule has 2 atom stereocenters. The molecular formula is C12H16O6. The van der Waals surface area contributed by atoms with E-state index in [0.29, 0.717) is 6.42 Å². The SMILES string of the molecule is CC/C(=C\C=C\C(C(=O)O)C(C)C(=O)O)C(=O)O. The van der Waals surface area contributed by atoms with Gasteiger partial charge >= 0.3 is 17.9 Å². The maximum Gasteiger partial charge on any atom is 0.331 e. The predicted octanol–water partition coefficient (Wildman–Crippen LogP) is 1.39. The molecule has 0 radical (unpaired) electrons. The third-order valence-corrected chi connectivity index (χ3v) is 2.48. The zero-order valence-electron chi connectivity index (χ0n) is 10.2. The number of allylic oxidation sites excluding steroid dienone is 2. The predicted molar refractivity (Wildman–Crippen MR) is 63.1 cm³/mol. The average Bonchev–Trinajstić information content (AvgIpc) is 2.27. The van der Waals surface area contributed by atoms with Gasteiger partial charge in [0.1, 0.15) is 0 Å². The largest absolute Gasteiger partial charge is 0.481 e. The van der Waals surface area contributed by atoms with Gasteiger partial charge in [-0.15, -0.1) is 0 Å². The van der Waals surface area contributed by atoms with Gasteiger partial charge in [-0.2, -0.15) is 0 Å². The highest BCUT2D eigenvalue weighted by Gasteiger charge is 2.27. The minimum absolute atomic E-state index is 0.123. The second kappa shape index (κ2) is 7.26. The van der Waals surface area contributed by atoms with Gasteiger partial charge in [0.25, 0.3) is 0 Å². The molecule has 6 heteroatoms. The van der Waals surface area contributed by atoms with Crippen LogP contribution in [0.1, 0.15) is 20.3 Å². The third kappa shape index (κ3) is 4.82. The monoisotopic (exact) mass is 256 g/mol. The first kappa shape index (κ1) is 15.9. The topological polar surface area (TPSA) is 112 Å². The number of aliphatic carboxylic acids is 3. The summed E-state index contributed by atoms with van der Waals surface area (Å²) in [6.45, 7) is 2.94. The van der Waals surface area contributed by atoms with Crippen molar-refractivity contribution in [1.29, 1.82) is 0 Å². The molecule has 0 saturated carbocycles. The van der Waals surface area contributed by atoms with E-state index in [9.17, 15) is 14.4 Å². The van der Waals surface area contributed by atoms with Crippen molar-refractivity contribution in [2.45, 2.75) is 20.3 Å². The van der Waals surface area contributed by atoms with E-state index in [2.05, 4.69) is 0 Å². The maximum absolute atomic E-state index is 10.9. The van der Waals surface area contributed by atoms with Crippen LogP contribution in [0.2, 0.25) is 0 Å². The van der Waals surface area contributed by atoms with Crippen LogP contribution in [0.15, 0.2) is 23.8 Å². The lowest BCUT2D eigenvalue weighted by Gasteiger charge is -2.11. The van der Waals surface area contributed by atoms with E-state index in [1.54, 1.807) is 6.92 Å². The van der Waals surface area contributed by atoms with E-state index in [-0.39, 0.29) is 5.57 Å². The Kier molecular flexibility index (Phi) is 6.41. The highest BCUT2D eigenvalue weighted by atomic mass is 16.4. The Morgan fingerprint density at radius 1 is 1.11 bits per heavy atom. The second-order valence-corrected chi connectivity index (χ2v) is 3.73. The Hall–Kier alpha value is -2.11. The van der Waals surface area contributed by atoms with Crippen molar-refractivity contribution in [3.63, 3.8) is 0 Å². The zero-order valence-corrected chi connectivity index (χ0v) is 10.2. The van der Waals surface area contributed by atoms with Gasteiger partial charge in [-0.3, -0.25) is 9.59 Å². The molecule has 0 aromatic rings. The Morgan fingerprint density at radius 3 is 2.00 bits per heavy atom. The minimum Gasteiger partial charge on any atom is -0.481 e. The molecule has 0 rings (SSSR count). The third-order valence-electron chi connectivity index (χ3n) is 2.48. The molecule has 0 heterocycles. The summed E-state index contributed by atoms with van der Waals surface area (Å²) in [6, 6.07) is 0. The molecule has 0 bridgehead atoms. The molecule has 2 unspecified atom stereocenters. The Morgan fingerprint density at radius 2 is 1.67 bits per heavy atom. The van der Waals surface area contributed by atoms with E-state index < -0.39 is 29.7 Å². The Bertz CT molecular complexity index is 393. The van der Waals surface area contributed by atoms with E-state index in [1.807, 2.05) is 0 Å². The van der Waals surface area contributed by atoms with Crippen molar-refractivity contribution < 1.29 is 29.7 Å². The van der Waals surface area contributed by atoms with E-state index in [1.165, 1.54) is 25.2 Å².